The molecule has 0 N–H and O–H groups in total. The van der Waals surface area contributed by atoms with Gasteiger partial charge in [-0.3, -0.25) is 0 Å². The first-order chi connectivity index (χ1) is 27.0. The highest BCUT2D eigenvalue weighted by Crippen LogP contribution is 2.52. The SMILES string of the molecule is CC1(C)c2cc(-c3ccc4c(c3)c3cc(-c5nc(C6=CCCC=C6)nc(C6=CC=CCC6)n5)ccc3n4-c3ccccc3)ccc2-c2c1ccc1ncoc21. The van der Waals surface area contributed by atoms with Crippen molar-refractivity contribution in [3.05, 3.63) is 163 Å². The fourth-order valence-electron chi connectivity index (χ4n) is 8.86. The molecule has 55 heavy (non-hydrogen) atoms. The maximum atomic E-state index is 5.93. The van der Waals surface area contributed by atoms with Crippen molar-refractivity contribution in [2.24, 2.45) is 0 Å². The van der Waals surface area contributed by atoms with Crippen LogP contribution >= 0.6 is 0 Å². The van der Waals surface area contributed by atoms with Gasteiger partial charge in [-0.2, -0.15) is 0 Å². The maximum Gasteiger partial charge on any atom is 0.182 e. The molecule has 0 saturated heterocycles. The molecule has 0 saturated carbocycles. The summed E-state index contributed by atoms with van der Waals surface area (Å²) in [5.74, 6) is 2.17. The molecule has 0 amide bonds. The minimum Gasteiger partial charge on any atom is -0.443 e. The Morgan fingerprint density at radius 2 is 1.44 bits per heavy atom. The van der Waals surface area contributed by atoms with Gasteiger partial charge < -0.3 is 8.98 Å². The maximum absolute atomic E-state index is 5.93. The molecule has 0 fully saturated rings. The number of aromatic nitrogens is 5. The van der Waals surface area contributed by atoms with Crippen LogP contribution in [0.3, 0.4) is 0 Å². The van der Waals surface area contributed by atoms with Crippen LogP contribution in [-0.4, -0.2) is 24.5 Å². The van der Waals surface area contributed by atoms with E-state index in [1.165, 1.54) is 33.2 Å². The first-order valence-electron chi connectivity index (χ1n) is 19.2. The molecule has 5 aromatic carbocycles. The molecule has 3 aromatic heterocycles. The molecule has 6 heteroatoms. The van der Waals surface area contributed by atoms with Gasteiger partial charge >= 0.3 is 0 Å². The summed E-state index contributed by atoms with van der Waals surface area (Å²) in [6.45, 7) is 4.62. The molecule has 0 spiro atoms. The Balaban J connectivity index is 1.09. The topological polar surface area (TPSA) is 69.6 Å². The molecule has 6 nitrogen and oxygen atoms in total. The first kappa shape index (κ1) is 31.8. The van der Waals surface area contributed by atoms with Crippen LogP contribution in [0.2, 0.25) is 0 Å². The van der Waals surface area contributed by atoms with Gasteiger partial charge in [0.25, 0.3) is 0 Å². The zero-order valence-electron chi connectivity index (χ0n) is 30.8. The van der Waals surface area contributed by atoms with Crippen molar-refractivity contribution in [3.8, 4) is 39.3 Å². The van der Waals surface area contributed by atoms with E-state index < -0.39 is 0 Å². The number of nitrogens with zero attached hydrogens (tertiary/aromatic N) is 5. The van der Waals surface area contributed by atoms with Crippen LogP contribution in [0.1, 0.15) is 62.3 Å². The minimum absolute atomic E-state index is 0.181. The third-order valence-electron chi connectivity index (χ3n) is 11.7. The van der Waals surface area contributed by atoms with E-state index in [1.807, 2.05) is 0 Å². The van der Waals surface area contributed by atoms with Crippen LogP contribution in [-0.2, 0) is 5.41 Å². The van der Waals surface area contributed by atoms with E-state index in [0.29, 0.717) is 5.82 Å². The molecule has 0 unspecified atom stereocenters. The van der Waals surface area contributed by atoms with Crippen LogP contribution in [0, 0.1) is 0 Å². The third-order valence-corrected chi connectivity index (χ3v) is 11.7. The third kappa shape index (κ3) is 5.01. The summed E-state index contributed by atoms with van der Waals surface area (Å²) in [5, 5.41) is 2.33. The highest BCUT2D eigenvalue weighted by atomic mass is 16.3. The lowest BCUT2D eigenvalue weighted by Gasteiger charge is -2.22. The van der Waals surface area contributed by atoms with Crippen LogP contribution in [0.15, 0.2) is 144 Å². The second-order valence-corrected chi connectivity index (χ2v) is 15.3. The molecule has 11 rings (SSSR count). The van der Waals surface area contributed by atoms with Crippen LogP contribution < -0.4 is 0 Å². The van der Waals surface area contributed by atoms with E-state index in [1.54, 1.807) is 6.39 Å². The normalized spacial score (nSPS) is 15.7. The summed E-state index contributed by atoms with van der Waals surface area (Å²) in [6.07, 6.45) is 18.5. The first-order valence-corrected chi connectivity index (χ1v) is 19.2. The number of rotatable bonds is 5. The van der Waals surface area contributed by atoms with Crippen molar-refractivity contribution in [1.82, 2.24) is 24.5 Å². The van der Waals surface area contributed by atoms with E-state index in [-0.39, 0.29) is 5.41 Å². The molecule has 0 radical (unpaired) electrons. The fourth-order valence-corrected chi connectivity index (χ4v) is 8.86. The lowest BCUT2D eigenvalue weighted by atomic mass is 9.81. The Morgan fingerprint density at radius 1 is 0.673 bits per heavy atom. The molecule has 264 valence electrons. The molecule has 3 aliphatic rings. The Labute approximate surface area is 318 Å². The van der Waals surface area contributed by atoms with Crippen molar-refractivity contribution in [2.75, 3.05) is 0 Å². The fraction of sp³-hybridized carbons (Fsp3) is 0.143. The number of fused-ring (bicyclic) bond motifs is 8. The largest absolute Gasteiger partial charge is 0.443 e. The number of hydrogen-bond acceptors (Lipinski definition) is 5. The quantitative estimate of drug-likeness (QED) is 0.178. The Hall–Kier alpha value is -6.66. The minimum atomic E-state index is -0.181. The number of allylic oxidation sites excluding steroid dienone is 8. The van der Waals surface area contributed by atoms with Gasteiger partial charge in [0.2, 0.25) is 0 Å². The van der Waals surface area contributed by atoms with Gasteiger partial charge in [0, 0.05) is 38.6 Å². The summed E-state index contributed by atoms with van der Waals surface area (Å²) in [4.78, 5) is 19.7. The van der Waals surface area contributed by atoms with E-state index in [2.05, 4.69) is 157 Å². The molecule has 3 heterocycles. The van der Waals surface area contributed by atoms with E-state index in [4.69, 9.17) is 19.4 Å². The Bertz CT molecular complexity index is 3010. The van der Waals surface area contributed by atoms with Crippen LogP contribution in [0.5, 0.6) is 0 Å². The van der Waals surface area contributed by atoms with Gasteiger partial charge in [0.15, 0.2) is 29.4 Å². The summed E-state index contributed by atoms with van der Waals surface area (Å²) < 4.78 is 8.30. The van der Waals surface area contributed by atoms with Crippen molar-refractivity contribution in [1.29, 1.82) is 0 Å². The van der Waals surface area contributed by atoms with Gasteiger partial charge in [0.1, 0.15) is 5.52 Å². The standard InChI is InChI=1S/C49H37N5O/c1-49(2)39-22-23-41-45(55-29-50-41)44(39)36-21-18-33(28-40(36)49)32-19-24-42-37(26-32)38-27-34(20-25-43(38)54(42)35-16-10-5-11-17-35)48-52-46(30-12-6-3-7-13-30)51-47(53-48)31-14-8-4-9-15-31/h3,5-6,8,10-12,14-29H,4,7,9,13H2,1-2H3. The number of para-hydroxylation sites is 1. The van der Waals surface area contributed by atoms with Gasteiger partial charge in [-0.25, -0.2) is 19.9 Å². The summed E-state index contributed by atoms with van der Waals surface area (Å²) in [5.41, 5.74) is 15.4. The van der Waals surface area contributed by atoms with Gasteiger partial charge in [-0.1, -0.05) is 92.8 Å². The predicted octanol–water partition coefficient (Wildman–Crippen LogP) is 12.2. The van der Waals surface area contributed by atoms with Gasteiger partial charge in [-0.15, -0.1) is 0 Å². The summed E-state index contributed by atoms with van der Waals surface area (Å²) >= 11 is 0. The smallest absolute Gasteiger partial charge is 0.182 e. The number of benzene rings is 5. The molecular weight excluding hydrogens is 675 g/mol. The van der Waals surface area contributed by atoms with Gasteiger partial charge in [0.05, 0.1) is 11.0 Å². The zero-order chi connectivity index (χ0) is 36.7. The van der Waals surface area contributed by atoms with Crippen molar-refractivity contribution < 1.29 is 4.42 Å². The van der Waals surface area contributed by atoms with Crippen molar-refractivity contribution in [3.63, 3.8) is 0 Å². The van der Waals surface area contributed by atoms with Crippen molar-refractivity contribution in [2.45, 2.75) is 44.9 Å². The van der Waals surface area contributed by atoms with E-state index in [0.717, 1.165) is 92.8 Å². The molecule has 0 atom stereocenters. The molecule has 8 aromatic rings. The van der Waals surface area contributed by atoms with E-state index in [9.17, 15) is 0 Å². The van der Waals surface area contributed by atoms with Gasteiger partial charge in [-0.05, 0) is 114 Å². The number of hydrogen-bond donors (Lipinski definition) is 0. The molecule has 0 aliphatic heterocycles. The lowest BCUT2D eigenvalue weighted by molar-refractivity contribution is 0.601. The lowest BCUT2D eigenvalue weighted by Crippen LogP contribution is -2.14. The molecule has 3 aliphatic carbocycles. The average molecular weight is 712 g/mol. The van der Waals surface area contributed by atoms with Crippen LogP contribution in [0.4, 0.5) is 0 Å². The zero-order valence-corrected chi connectivity index (χ0v) is 30.8. The van der Waals surface area contributed by atoms with Crippen molar-refractivity contribution >= 4 is 44.1 Å². The summed E-state index contributed by atoms with van der Waals surface area (Å²) in [7, 11) is 0. The monoisotopic (exact) mass is 711 g/mol. The number of oxazole rings is 1. The highest BCUT2D eigenvalue weighted by molar-refractivity contribution is 6.11. The van der Waals surface area contributed by atoms with E-state index >= 15 is 0 Å². The van der Waals surface area contributed by atoms with Crippen LogP contribution in [0.25, 0.3) is 83.4 Å². The second-order valence-electron chi connectivity index (χ2n) is 15.3. The summed E-state index contributed by atoms with van der Waals surface area (Å²) in [6, 6.07) is 35.3. The second kappa shape index (κ2) is 12.2. The Morgan fingerprint density at radius 3 is 2.24 bits per heavy atom. The predicted molar refractivity (Wildman–Crippen MR) is 223 cm³/mol. The highest BCUT2D eigenvalue weighted by Gasteiger charge is 2.37. The Kier molecular flexibility index (Phi) is 7.05. The molecule has 0 bridgehead atoms. The molecular formula is C49H37N5O. The average Bonchev–Trinajstić information content (AvgIpc) is 3.92.